The predicted octanol–water partition coefficient (Wildman–Crippen LogP) is 4.81. The van der Waals surface area contributed by atoms with E-state index in [0.717, 1.165) is 33.4 Å². The summed E-state index contributed by atoms with van der Waals surface area (Å²) in [5, 5.41) is 8.54. The van der Waals surface area contributed by atoms with Crippen LogP contribution in [0, 0.1) is 5.41 Å². The van der Waals surface area contributed by atoms with E-state index in [-0.39, 0.29) is 5.84 Å². The Morgan fingerprint density at radius 1 is 1.09 bits per heavy atom. The van der Waals surface area contributed by atoms with Gasteiger partial charge in [-0.3, -0.25) is 5.41 Å². The van der Waals surface area contributed by atoms with E-state index < -0.39 is 0 Å². The number of fused-ring (bicyclic) bond motifs is 1. The van der Waals surface area contributed by atoms with Crippen LogP contribution in [0.15, 0.2) is 65.6 Å². The third kappa shape index (κ3) is 2.57. The first kappa shape index (κ1) is 14.9. The topological polar surface area (TPSA) is 63.0 Å². The van der Waals surface area contributed by atoms with Crippen molar-refractivity contribution in [3.8, 4) is 0 Å². The third-order valence-electron chi connectivity index (χ3n) is 3.88. The molecule has 3 nitrogen and oxygen atoms in total. The van der Waals surface area contributed by atoms with Gasteiger partial charge in [-0.05, 0) is 18.6 Å². The molecule has 0 saturated carbocycles. The normalized spacial score (nSPS) is 11.6. The molecule has 0 aliphatic heterocycles. The molecular weight excluding hydrogens is 284 g/mol. The third-order valence-corrected chi connectivity index (χ3v) is 3.88. The highest BCUT2D eigenvalue weighted by molar-refractivity contribution is 5.97. The minimum atomic E-state index is 0.0640. The predicted molar refractivity (Wildman–Crippen MR) is 96.5 cm³/mol. The molecule has 1 aromatic heterocycles. The van der Waals surface area contributed by atoms with E-state index >= 15 is 0 Å². The van der Waals surface area contributed by atoms with E-state index in [0.29, 0.717) is 5.56 Å². The molecular formula is C20H18N2O. The van der Waals surface area contributed by atoms with Gasteiger partial charge in [0, 0.05) is 22.1 Å². The summed E-state index contributed by atoms with van der Waals surface area (Å²) in [6.45, 7) is 5.91. The van der Waals surface area contributed by atoms with Crippen LogP contribution in [0.3, 0.4) is 0 Å². The quantitative estimate of drug-likeness (QED) is 0.536. The smallest absolute Gasteiger partial charge is 0.142 e. The van der Waals surface area contributed by atoms with E-state index in [4.69, 9.17) is 15.6 Å². The zero-order valence-corrected chi connectivity index (χ0v) is 13.0. The second-order valence-corrected chi connectivity index (χ2v) is 5.24. The number of rotatable bonds is 4. The van der Waals surface area contributed by atoms with Crippen LogP contribution in [-0.2, 0) is 0 Å². The summed E-state index contributed by atoms with van der Waals surface area (Å²) in [6, 6.07) is 15.5. The van der Waals surface area contributed by atoms with Gasteiger partial charge in [0.1, 0.15) is 17.2 Å². The average molecular weight is 302 g/mol. The number of para-hydroxylation sites is 1. The maximum Gasteiger partial charge on any atom is 0.142 e. The van der Waals surface area contributed by atoms with Crippen molar-refractivity contribution in [2.45, 2.75) is 6.92 Å². The Hall–Kier alpha value is -3.07. The number of hydrogen-bond acceptors (Lipinski definition) is 2. The number of amidine groups is 1. The number of allylic oxidation sites excluding steroid dienone is 1. The molecule has 0 radical (unpaired) electrons. The Labute approximate surface area is 135 Å². The number of nitrogens with two attached hydrogens (primary N) is 1. The lowest BCUT2D eigenvalue weighted by molar-refractivity contribution is 0.599. The molecule has 0 saturated heterocycles. The fourth-order valence-corrected chi connectivity index (χ4v) is 2.73. The number of furan rings is 1. The standard InChI is InChI=1S/C20H18N2O/c1-3-15(13-9-11-14(12-10-13)20(21)22)19-16(4-2)17-7-5-6-8-18(17)23-19/h3-12H,2H2,1H3,(H3,21,22)/b15-3-. The van der Waals surface area contributed by atoms with Gasteiger partial charge in [-0.1, -0.05) is 61.2 Å². The molecule has 2 aromatic carbocycles. The summed E-state index contributed by atoms with van der Waals surface area (Å²) in [5.74, 6) is 0.869. The Bertz CT molecular complexity index is 914. The highest BCUT2D eigenvalue weighted by Crippen LogP contribution is 2.34. The van der Waals surface area contributed by atoms with Gasteiger partial charge >= 0.3 is 0 Å². The van der Waals surface area contributed by atoms with Gasteiger partial charge in [0.25, 0.3) is 0 Å². The summed E-state index contributed by atoms with van der Waals surface area (Å²) in [4.78, 5) is 0. The first-order chi connectivity index (χ1) is 11.2. The Kier molecular flexibility index (Phi) is 3.85. The molecule has 0 fully saturated rings. The molecule has 0 spiro atoms. The molecule has 0 atom stereocenters. The van der Waals surface area contributed by atoms with Crippen LogP contribution >= 0.6 is 0 Å². The maximum absolute atomic E-state index is 7.49. The fourth-order valence-electron chi connectivity index (χ4n) is 2.73. The van der Waals surface area contributed by atoms with Crippen LogP contribution in [0.2, 0.25) is 0 Å². The second kappa shape index (κ2) is 5.97. The Morgan fingerprint density at radius 3 is 2.35 bits per heavy atom. The highest BCUT2D eigenvalue weighted by atomic mass is 16.3. The van der Waals surface area contributed by atoms with Gasteiger partial charge in [-0.15, -0.1) is 0 Å². The first-order valence-corrected chi connectivity index (χ1v) is 7.41. The summed E-state index contributed by atoms with van der Waals surface area (Å²) in [7, 11) is 0. The van der Waals surface area contributed by atoms with Crippen LogP contribution in [0.25, 0.3) is 22.6 Å². The molecule has 3 N–H and O–H groups in total. The molecule has 3 heteroatoms. The molecule has 114 valence electrons. The Morgan fingerprint density at radius 2 is 1.74 bits per heavy atom. The number of benzene rings is 2. The zero-order chi connectivity index (χ0) is 16.4. The molecule has 23 heavy (non-hydrogen) atoms. The van der Waals surface area contributed by atoms with Crippen LogP contribution < -0.4 is 5.73 Å². The van der Waals surface area contributed by atoms with Crippen molar-refractivity contribution in [1.29, 1.82) is 5.41 Å². The number of nitrogens with one attached hydrogen (secondary N) is 1. The van der Waals surface area contributed by atoms with Crippen molar-refractivity contribution >= 4 is 28.5 Å². The molecule has 0 bridgehead atoms. The van der Waals surface area contributed by atoms with Crippen molar-refractivity contribution in [3.05, 3.63) is 83.6 Å². The zero-order valence-electron chi connectivity index (χ0n) is 13.0. The minimum absolute atomic E-state index is 0.0640. The minimum Gasteiger partial charge on any atom is -0.455 e. The van der Waals surface area contributed by atoms with Crippen LogP contribution in [0.5, 0.6) is 0 Å². The van der Waals surface area contributed by atoms with E-state index in [1.165, 1.54) is 0 Å². The molecule has 0 aliphatic rings. The molecule has 3 aromatic rings. The lowest BCUT2D eigenvalue weighted by atomic mass is 9.98. The van der Waals surface area contributed by atoms with Gasteiger partial charge in [0.05, 0.1) is 0 Å². The van der Waals surface area contributed by atoms with Crippen LogP contribution in [0.1, 0.15) is 29.4 Å². The first-order valence-electron chi connectivity index (χ1n) is 7.41. The second-order valence-electron chi connectivity index (χ2n) is 5.24. The van der Waals surface area contributed by atoms with Crippen LogP contribution in [0.4, 0.5) is 0 Å². The molecule has 3 rings (SSSR count). The van der Waals surface area contributed by atoms with Crippen molar-refractivity contribution in [2.75, 3.05) is 0 Å². The lowest BCUT2D eigenvalue weighted by Crippen LogP contribution is -2.10. The summed E-state index contributed by atoms with van der Waals surface area (Å²) < 4.78 is 6.07. The van der Waals surface area contributed by atoms with E-state index in [1.807, 2.05) is 67.6 Å². The largest absolute Gasteiger partial charge is 0.455 e. The molecule has 0 aliphatic carbocycles. The van der Waals surface area contributed by atoms with Gasteiger partial charge < -0.3 is 10.2 Å². The molecule has 1 heterocycles. The highest BCUT2D eigenvalue weighted by Gasteiger charge is 2.16. The number of hydrogen-bond donors (Lipinski definition) is 2. The average Bonchev–Trinajstić information content (AvgIpc) is 2.94. The van der Waals surface area contributed by atoms with Crippen molar-refractivity contribution < 1.29 is 4.42 Å². The SMILES string of the molecule is C=Cc1c(/C(=C\C)c2ccc(C(=N)N)cc2)oc2ccccc12. The monoisotopic (exact) mass is 302 g/mol. The fraction of sp³-hybridized carbons (Fsp3) is 0.0500. The number of nitrogen functional groups attached to an aromatic ring is 1. The lowest BCUT2D eigenvalue weighted by Gasteiger charge is -2.07. The van der Waals surface area contributed by atoms with E-state index in [1.54, 1.807) is 0 Å². The van der Waals surface area contributed by atoms with Gasteiger partial charge in [-0.2, -0.15) is 0 Å². The van der Waals surface area contributed by atoms with E-state index in [2.05, 4.69) is 6.58 Å². The van der Waals surface area contributed by atoms with Crippen molar-refractivity contribution in [2.24, 2.45) is 5.73 Å². The van der Waals surface area contributed by atoms with Crippen LogP contribution in [-0.4, -0.2) is 5.84 Å². The summed E-state index contributed by atoms with van der Waals surface area (Å²) >= 11 is 0. The van der Waals surface area contributed by atoms with Gasteiger partial charge in [-0.25, -0.2) is 0 Å². The van der Waals surface area contributed by atoms with Crippen molar-refractivity contribution in [1.82, 2.24) is 0 Å². The van der Waals surface area contributed by atoms with Gasteiger partial charge in [0.15, 0.2) is 0 Å². The summed E-state index contributed by atoms with van der Waals surface area (Å²) in [5.41, 5.74) is 10.1. The van der Waals surface area contributed by atoms with Crippen molar-refractivity contribution in [3.63, 3.8) is 0 Å². The Balaban J connectivity index is 2.15. The summed E-state index contributed by atoms with van der Waals surface area (Å²) in [6.07, 6.45) is 3.85. The molecule has 0 unspecified atom stereocenters. The van der Waals surface area contributed by atoms with Gasteiger partial charge in [0.2, 0.25) is 0 Å². The molecule has 0 amide bonds. The maximum atomic E-state index is 7.49. The van der Waals surface area contributed by atoms with E-state index in [9.17, 15) is 0 Å².